The van der Waals surface area contributed by atoms with Gasteiger partial charge in [-0.1, -0.05) is 53.4 Å². The quantitative estimate of drug-likeness (QED) is 0.261. The van der Waals surface area contributed by atoms with Gasteiger partial charge in [0.25, 0.3) is 5.69 Å². The van der Waals surface area contributed by atoms with E-state index in [4.69, 9.17) is 4.74 Å². The Morgan fingerprint density at radius 1 is 1.00 bits per heavy atom. The van der Waals surface area contributed by atoms with Crippen molar-refractivity contribution < 1.29 is 24.0 Å². The maximum Gasteiger partial charge on any atom is 0.308 e. The van der Waals surface area contributed by atoms with Gasteiger partial charge < -0.3 is 9.64 Å². The fourth-order valence-electron chi connectivity index (χ4n) is 5.30. The number of aromatic nitrogens is 1. The van der Waals surface area contributed by atoms with Crippen LogP contribution in [0.1, 0.15) is 16.4 Å². The summed E-state index contributed by atoms with van der Waals surface area (Å²) >= 11 is 2.14. The molecule has 3 atom stereocenters. The summed E-state index contributed by atoms with van der Waals surface area (Å²) in [5.74, 6) is -2.44. The third-order valence-corrected chi connectivity index (χ3v) is 9.79. The molecule has 200 valence electrons. The van der Waals surface area contributed by atoms with Crippen LogP contribution in [-0.4, -0.2) is 63.7 Å². The highest BCUT2D eigenvalue weighted by Gasteiger charge is 2.56. The lowest BCUT2D eigenvalue weighted by Gasteiger charge is -2.31. The monoisotopic (exact) mass is 566 g/mol. The van der Waals surface area contributed by atoms with Crippen molar-refractivity contribution in [2.24, 2.45) is 5.92 Å². The van der Waals surface area contributed by atoms with Crippen molar-refractivity contribution in [1.29, 1.82) is 0 Å². The Kier molecular flexibility index (Phi) is 6.57. The van der Waals surface area contributed by atoms with E-state index in [2.05, 4.69) is 0 Å². The third kappa shape index (κ3) is 4.36. The summed E-state index contributed by atoms with van der Waals surface area (Å²) in [6, 6.07) is 14.5. The molecule has 3 aliphatic heterocycles. The lowest BCUT2D eigenvalue weighted by Crippen LogP contribution is -2.43. The van der Waals surface area contributed by atoms with Crippen LogP contribution < -0.4 is 9.77 Å². The molecule has 2 saturated heterocycles. The SMILES string of the molecule is O=C(Cn1c2c(sc1=O)[C@@H](c1ccccc1)[C@@H]1C(=O)N(c3ccc([N+](=O)[O-])cc3)C(=O)[C@@H]1S2)N1CCOCC1. The number of carbonyl (C=O) groups excluding carboxylic acids is 3. The number of amides is 3. The number of thiazole rings is 1. The number of benzene rings is 2. The maximum atomic E-state index is 13.8. The molecule has 6 rings (SSSR count). The normalized spacial score (nSPS) is 22.5. The van der Waals surface area contributed by atoms with Crippen LogP contribution in [0.5, 0.6) is 0 Å². The highest BCUT2D eigenvalue weighted by atomic mass is 32.2. The average molecular weight is 567 g/mol. The number of hydrogen-bond donors (Lipinski definition) is 0. The number of anilines is 1. The van der Waals surface area contributed by atoms with Crippen LogP contribution in [0.2, 0.25) is 0 Å². The number of hydrogen-bond acceptors (Lipinski definition) is 9. The highest BCUT2D eigenvalue weighted by molar-refractivity contribution is 8.00. The zero-order valence-corrected chi connectivity index (χ0v) is 22.1. The molecule has 3 amide bonds. The van der Waals surface area contributed by atoms with Gasteiger partial charge in [0.2, 0.25) is 17.7 Å². The zero-order valence-electron chi connectivity index (χ0n) is 20.4. The van der Waals surface area contributed by atoms with E-state index in [9.17, 15) is 29.3 Å². The lowest BCUT2D eigenvalue weighted by atomic mass is 9.83. The minimum absolute atomic E-state index is 0.150. The minimum Gasteiger partial charge on any atom is -0.378 e. The van der Waals surface area contributed by atoms with Crippen LogP contribution in [0.15, 0.2) is 64.4 Å². The molecule has 1 aromatic heterocycles. The third-order valence-electron chi connectivity index (χ3n) is 7.18. The molecule has 0 spiro atoms. The van der Waals surface area contributed by atoms with E-state index in [0.29, 0.717) is 36.2 Å². The number of nitro groups is 1. The van der Waals surface area contributed by atoms with E-state index in [1.54, 1.807) is 4.90 Å². The van der Waals surface area contributed by atoms with E-state index in [1.165, 1.54) is 28.8 Å². The van der Waals surface area contributed by atoms with Crippen LogP contribution in [0.3, 0.4) is 0 Å². The van der Waals surface area contributed by atoms with Crippen LogP contribution in [0, 0.1) is 16.0 Å². The highest BCUT2D eigenvalue weighted by Crippen LogP contribution is 2.53. The molecule has 3 aromatic rings. The van der Waals surface area contributed by atoms with E-state index in [-0.39, 0.29) is 28.7 Å². The molecule has 0 saturated carbocycles. The summed E-state index contributed by atoms with van der Waals surface area (Å²) in [7, 11) is 0. The smallest absolute Gasteiger partial charge is 0.308 e. The van der Waals surface area contributed by atoms with E-state index >= 15 is 0 Å². The van der Waals surface area contributed by atoms with Crippen molar-refractivity contribution in [3.05, 3.63) is 84.8 Å². The van der Waals surface area contributed by atoms with E-state index < -0.39 is 33.8 Å². The summed E-state index contributed by atoms with van der Waals surface area (Å²) in [5.41, 5.74) is 0.886. The summed E-state index contributed by atoms with van der Waals surface area (Å²) in [6.45, 7) is 1.60. The van der Waals surface area contributed by atoms with Gasteiger partial charge in [-0.25, -0.2) is 4.90 Å². The molecule has 3 aliphatic rings. The van der Waals surface area contributed by atoms with E-state index in [1.807, 2.05) is 30.3 Å². The number of ether oxygens (including phenoxy) is 1. The first-order chi connectivity index (χ1) is 18.8. The van der Waals surface area contributed by atoms with Crippen LogP contribution >= 0.6 is 23.1 Å². The van der Waals surface area contributed by atoms with Crippen LogP contribution in [0.25, 0.3) is 0 Å². The molecule has 0 bridgehead atoms. The first-order valence-electron chi connectivity index (χ1n) is 12.3. The Hall–Kier alpha value is -3.81. The Morgan fingerprint density at radius 2 is 1.69 bits per heavy atom. The minimum atomic E-state index is -0.830. The number of non-ortho nitro benzene ring substituents is 1. The number of imide groups is 1. The number of fused-ring (bicyclic) bond motifs is 2. The molecule has 0 radical (unpaired) electrons. The van der Waals surface area contributed by atoms with Crippen LogP contribution in [-0.2, 0) is 25.7 Å². The van der Waals surface area contributed by atoms with Crippen molar-refractivity contribution in [3.63, 3.8) is 0 Å². The van der Waals surface area contributed by atoms with Gasteiger partial charge in [-0.2, -0.15) is 0 Å². The number of nitro benzene ring substituents is 1. The Morgan fingerprint density at radius 3 is 2.36 bits per heavy atom. The molecule has 0 unspecified atom stereocenters. The molecular formula is C26H22N4O7S2. The van der Waals surface area contributed by atoms with Gasteiger partial charge in [-0.3, -0.25) is 33.9 Å². The van der Waals surface area contributed by atoms with Gasteiger partial charge in [0.05, 0.1) is 34.8 Å². The lowest BCUT2D eigenvalue weighted by molar-refractivity contribution is -0.384. The van der Waals surface area contributed by atoms with Gasteiger partial charge in [-0.05, 0) is 17.7 Å². The van der Waals surface area contributed by atoms with Gasteiger partial charge >= 0.3 is 4.87 Å². The summed E-state index contributed by atoms with van der Waals surface area (Å²) in [4.78, 5) is 67.4. The summed E-state index contributed by atoms with van der Waals surface area (Å²) in [6.07, 6.45) is 0. The first kappa shape index (κ1) is 25.5. The molecule has 2 aromatic carbocycles. The second kappa shape index (κ2) is 10.1. The van der Waals surface area contributed by atoms with Gasteiger partial charge in [0.1, 0.15) is 11.8 Å². The van der Waals surface area contributed by atoms with Crippen molar-refractivity contribution in [2.75, 3.05) is 31.2 Å². The second-order valence-electron chi connectivity index (χ2n) is 9.35. The molecule has 0 N–H and O–H groups in total. The van der Waals surface area contributed by atoms with Crippen LogP contribution in [0.4, 0.5) is 11.4 Å². The molecule has 2 fully saturated rings. The summed E-state index contributed by atoms with van der Waals surface area (Å²) in [5, 5.41) is 10.8. The van der Waals surface area contributed by atoms with Crippen molar-refractivity contribution in [1.82, 2.24) is 9.47 Å². The maximum absolute atomic E-state index is 13.8. The first-order valence-corrected chi connectivity index (χ1v) is 14.0. The standard InChI is InChI=1S/C26H22N4O7S2/c31-18(27-10-12-37-13-11-27)14-28-25-22(39-26(28)34)19(15-4-2-1-3-5-15)20-21(38-25)24(33)29(23(20)32)16-6-8-17(9-7-16)30(35)36/h1-9,19-21H,10-14H2/t19-,20-,21+/m0/s1. The molecule has 13 heteroatoms. The fourth-order valence-corrected chi connectivity index (χ4v) is 8.07. The number of rotatable bonds is 5. The Bertz CT molecular complexity index is 1530. The largest absolute Gasteiger partial charge is 0.378 e. The molecule has 0 aliphatic carbocycles. The Balaban J connectivity index is 1.40. The Labute approximate surface area is 230 Å². The van der Waals surface area contributed by atoms with Gasteiger partial charge in [0, 0.05) is 36.0 Å². The van der Waals surface area contributed by atoms with E-state index in [0.717, 1.165) is 33.6 Å². The molecule has 4 heterocycles. The zero-order chi connectivity index (χ0) is 27.3. The molecule has 11 nitrogen and oxygen atoms in total. The molecule has 39 heavy (non-hydrogen) atoms. The average Bonchev–Trinajstić information content (AvgIpc) is 3.40. The van der Waals surface area contributed by atoms with Crippen molar-refractivity contribution in [2.45, 2.75) is 22.7 Å². The molecular weight excluding hydrogens is 544 g/mol. The topological polar surface area (TPSA) is 132 Å². The van der Waals surface area contributed by atoms with Crippen molar-refractivity contribution in [3.8, 4) is 0 Å². The second-order valence-corrected chi connectivity index (χ2v) is 11.5. The number of carbonyl (C=O) groups is 3. The predicted molar refractivity (Wildman–Crippen MR) is 143 cm³/mol. The predicted octanol–water partition coefficient (Wildman–Crippen LogP) is 2.47. The number of thioether (sulfide) groups is 1. The number of morpholine rings is 1. The van der Waals surface area contributed by atoms with Gasteiger partial charge in [-0.15, -0.1) is 0 Å². The van der Waals surface area contributed by atoms with Gasteiger partial charge in [0.15, 0.2) is 0 Å². The van der Waals surface area contributed by atoms with Crippen molar-refractivity contribution >= 4 is 52.2 Å². The summed E-state index contributed by atoms with van der Waals surface area (Å²) < 4.78 is 6.74. The fraction of sp³-hybridized carbons (Fsp3) is 0.308. The number of nitrogens with zero attached hydrogens (tertiary/aromatic N) is 4.